The summed E-state index contributed by atoms with van der Waals surface area (Å²) in [6, 6.07) is 13.2. The summed E-state index contributed by atoms with van der Waals surface area (Å²) in [7, 11) is 0. The second-order valence-electron chi connectivity index (χ2n) is 5.26. The number of amides is 1. The molecular formula is C19H19Cl2NO. The summed E-state index contributed by atoms with van der Waals surface area (Å²) in [6.07, 6.45) is 6.46. The predicted molar refractivity (Wildman–Crippen MR) is 99.2 cm³/mol. The molecule has 0 radical (unpaired) electrons. The lowest BCUT2D eigenvalue weighted by Gasteiger charge is -2.05. The Morgan fingerprint density at radius 2 is 1.74 bits per heavy atom. The highest BCUT2D eigenvalue weighted by Crippen LogP contribution is 2.25. The van der Waals surface area contributed by atoms with Crippen LogP contribution in [0, 0.1) is 0 Å². The standard InChI is InChI=1S/C19H19Cl2NO/c1-2-3-5-14-8-10-15(11-9-14)22-19(23)13-12-16-17(20)6-4-7-18(16)21/h4,6-13H,2-3,5H2,1H3,(H,22,23). The molecule has 0 aliphatic heterocycles. The molecule has 0 heterocycles. The zero-order valence-electron chi connectivity index (χ0n) is 13.0. The number of hydrogen-bond donors (Lipinski definition) is 1. The monoisotopic (exact) mass is 347 g/mol. The van der Waals surface area contributed by atoms with Gasteiger partial charge in [-0.15, -0.1) is 0 Å². The molecule has 0 fully saturated rings. The van der Waals surface area contributed by atoms with Crippen LogP contribution in [0.25, 0.3) is 6.08 Å². The average molecular weight is 348 g/mol. The van der Waals surface area contributed by atoms with Crippen LogP contribution in [0.3, 0.4) is 0 Å². The molecule has 0 unspecified atom stereocenters. The van der Waals surface area contributed by atoms with E-state index in [0.717, 1.165) is 12.1 Å². The second kappa shape index (κ2) is 8.76. The maximum atomic E-state index is 12.0. The lowest BCUT2D eigenvalue weighted by molar-refractivity contribution is -0.111. The first-order valence-electron chi connectivity index (χ1n) is 7.62. The molecule has 120 valence electrons. The second-order valence-corrected chi connectivity index (χ2v) is 6.07. The summed E-state index contributed by atoms with van der Waals surface area (Å²) in [4.78, 5) is 12.0. The number of carbonyl (C=O) groups is 1. The molecule has 0 aliphatic carbocycles. The fourth-order valence-corrected chi connectivity index (χ4v) is 2.67. The smallest absolute Gasteiger partial charge is 0.248 e. The van der Waals surface area contributed by atoms with E-state index in [2.05, 4.69) is 12.2 Å². The summed E-state index contributed by atoms with van der Waals surface area (Å²) in [5.41, 5.74) is 2.69. The molecule has 2 rings (SSSR count). The van der Waals surface area contributed by atoms with Gasteiger partial charge in [-0.05, 0) is 48.7 Å². The number of rotatable bonds is 6. The Morgan fingerprint density at radius 3 is 2.35 bits per heavy atom. The molecule has 0 saturated carbocycles. The van der Waals surface area contributed by atoms with Gasteiger partial charge in [-0.3, -0.25) is 4.79 Å². The number of halogens is 2. The number of hydrogen-bond acceptors (Lipinski definition) is 1. The van der Waals surface area contributed by atoms with Gasteiger partial charge in [-0.2, -0.15) is 0 Å². The zero-order valence-corrected chi connectivity index (χ0v) is 14.5. The van der Waals surface area contributed by atoms with E-state index in [-0.39, 0.29) is 5.91 Å². The van der Waals surface area contributed by atoms with Gasteiger partial charge < -0.3 is 5.32 Å². The molecule has 0 aromatic heterocycles. The quantitative estimate of drug-likeness (QED) is 0.639. The van der Waals surface area contributed by atoms with Crippen LogP contribution < -0.4 is 5.32 Å². The van der Waals surface area contributed by atoms with Crippen LogP contribution in [-0.4, -0.2) is 5.91 Å². The maximum Gasteiger partial charge on any atom is 0.248 e. The van der Waals surface area contributed by atoms with Crippen LogP contribution in [0.5, 0.6) is 0 Å². The van der Waals surface area contributed by atoms with Gasteiger partial charge in [-0.25, -0.2) is 0 Å². The molecular weight excluding hydrogens is 329 g/mol. The fraction of sp³-hybridized carbons (Fsp3) is 0.211. The number of benzene rings is 2. The van der Waals surface area contributed by atoms with Crippen LogP contribution in [0.1, 0.15) is 30.9 Å². The van der Waals surface area contributed by atoms with Crippen molar-refractivity contribution in [1.82, 2.24) is 0 Å². The Balaban J connectivity index is 1.98. The summed E-state index contributed by atoms with van der Waals surface area (Å²) in [6.45, 7) is 2.17. The molecule has 0 atom stereocenters. The van der Waals surface area contributed by atoms with Crippen molar-refractivity contribution in [2.75, 3.05) is 5.32 Å². The summed E-state index contributed by atoms with van der Waals surface area (Å²) in [5, 5.41) is 3.85. The van der Waals surface area contributed by atoms with Gasteiger partial charge in [0.25, 0.3) is 0 Å². The van der Waals surface area contributed by atoms with E-state index in [1.807, 2.05) is 24.3 Å². The molecule has 0 bridgehead atoms. The SMILES string of the molecule is CCCCc1ccc(NC(=O)C=Cc2c(Cl)cccc2Cl)cc1. The highest BCUT2D eigenvalue weighted by Gasteiger charge is 2.03. The van der Waals surface area contributed by atoms with Gasteiger partial charge in [-0.1, -0.05) is 54.7 Å². The van der Waals surface area contributed by atoms with Gasteiger partial charge in [0.05, 0.1) is 0 Å². The highest BCUT2D eigenvalue weighted by molar-refractivity contribution is 6.37. The van der Waals surface area contributed by atoms with E-state index in [9.17, 15) is 4.79 Å². The maximum absolute atomic E-state index is 12.0. The van der Waals surface area contributed by atoms with E-state index in [1.54, 1.807) is 24.3 Å². The lowest BCUT2D eigenvalue weighted by atomic mass is 10.1. The first-order valence-corrected chi connectivity index (χ1v) is 8.37. The van der Waals surface area contributed by atoms with Gasteiger partial charge in [0.1, 0.15) is 0 Å². The Bertz CT molecular complexity index is 673. The summed E-state index contributed by atoms with van der Waals surface area (Å²) >= 11 is 12.1. The molecule has 4 heteroatoms. The third-order valence-corrected chi connectivity index (χ3v) is 4.10. The number of unbranched alkanes of at least 4 members (excludes halogenated alkanes) is 1. The van der Waals surface area contributed by atoms with Crippen molar-refractivity contribution in [1.29, 1.82) is 0 Å². The van der Waals surface area contributed by atoms with Gasteiger partial charge in [0.2, 0.25) is 5.91 Å². The van der Waals surface area contributed by atoms with Gasteiger partial charge in [0, 0.05) is 27.4 Å². The summed E-state index contributed by atoms with van der Waals surface area (Å²) < 4.78 is 0. The van der Waals surface area contributed by atoms with Gasteiger partial charge in [0.15, 0.2) is 0 Å². The highest BCUT2D eigenvalue weighted by atomic mass is 35.5. The van der Waals surface area contributed by atoms with Crippen LogP contribution in [0.2, 0.25) is 10.0 Å². The molecule has 0 spiro atoms. The van der Waals surface area contributed by atoms with Crippen LogP contribution in [-0.2, 0) is 11.2 Å². The predicted octanol–water partition coefficient (Wildman–Crippen LogP) is 5.99. The molecule has 23 heavy (non-hydrogen) atoms. The largest absolute Gasteiger partial charge is 0.323 e. The van der Waals surface area contributed by atoms with E-state index in [0.29, 0.717) is 15.6 Å². The minimum atomic E-state index is -0.220. The van der Waals surface area contributed by atoms with E-state index in [4.69, 9.17) is 23.2 Å². The Hall–Kier alpha value is -1.77. The first-order chi connectivity index (χ1) is 11.1. The van der Waals surface area contributed by atoms with Crippen molar-refractivity contribution in [3.63, 3.8) is 0 Å². The van der Waals surface area contributed by atoms with Crippen LogP contribution in [0.4, 0.5) is 5.69 Å². The third-order valence-electron chi connectivity index (χ3n) is 3.44. The minimum Gasteiger partial charge on any atom is -0.323 e. The average Bonchev–Trinajstić information content (AvgIpc) is 2.54. The molecule has 0 saturated heterocycles. The number of nitrogens with one attached hydrogen (secondary N) is 1. The van der Waals surface area contributed by atoms with E-state index < -0.39 is 0 Å². The molecule has 2 aromatic rings. The Labute approximate surface area is 147 Å². The Kier molecular flexibility index (Phi) is 6.69. The minimum absolute atomic E-state index is 0.220. The van der Waals surface area contributed by atoms with Crippen molar-refractivity contribution < 1.29 is 4.79 Å². The normalized spacial score (nSPS) is 10.9. The van der Waals surface area contributed by atoms with E-state index in [1.165, 1.54) is 24.5 Å². The van der Waals surface area contributed by atoms with Crippen molar-refractivity contribution in [3.8, 4) is 0 Å². The van der Waals surface area contributed by atoms with E-state index >= 15 is 0 Å². The van der Waals surface area contributed by atoms with Crippen molar-refractivity contribution in [2.24, 2.45) is 0 Å². The van der Waals surface area contributed by atoms with Gasteiger partial charge >= 0.3 is 0 Å². The van der Waals surface area contributed by atoms with Crippen molar-refractivity contribution in [2.45, 2.75) is 26.2 Å². The molecule has 0 aliphatic rings. The zero-order chi connectivity index (χ0) is 16.7. The molecule has 2 aromatic carbocycles. The Morgan fingerprint density at radius 1 is 1.09 bits per heavy atom. The van der Waals surface area contributed by atoms with Crippen molar-refractivity contribution >= 4 is 40.9 Å². The number of anilines is 1. The molecule has 2 nitrogen and oxygen atoms in total. The topological polar surface area (TPSA) is 29.1 Å². The molecule has 1 amide bonds. The molecule has 1 N–H and O–H groups in total. The van der Waals surface area contributed by atoms with Crippen LogP contribution >= 0.6 is 23.2 Å². The van der Waals surface area contributed by atoms with Crippen molar-refractivity contribution in [3.05, 3.63) is 69.7 Å². The third kappa shape index (κ3) is 5.42. The first kappa shape index (κ1) is 17.6. The number of carbonyl (C=O) groups excluding carboxylic acids is 1. The summed E-state index contributed by atoms with van der Waals surface area (Å²) in [5.74, 6) is -0.220. The lowest BCUT2D eigenvalue weighted by Crippen LogP contribution is -2.07. The fourth-order valence-electron chi connectivity index (χ4n) is 2.15. The number of aryl methyl sites for hydroxylation is 1. The van der Waals surface area contributed by atoms with Crippen LogP contribution in [0.15, 0.2) is 48.5 Å².